The van der Waals surface area contributed by atoms with Gasteiger partial charge in [0.2, 0.25) is 0 Å². The predicted molar refractivity (Wildman–Crippen MR) is 48.8 cm³/mol. The van der Waals surface area contributed by atoms with Crippen molar-refractivity contribution in [3.63, 3.8) is 0 Å². The molecule has 0 aromatic carbocycles. The number of hydroxylamine groups is 3. The molecule has 0 aromatic heterocycles. The lowest BCUT2D eigenvalue weighted by molar-refractivity contribution is -1.04. The fourth-order valence-corrected chi connectivity index (χ4v) is 0.920. The van der Waals surface area contributed by atoms with Gasteiger partial charge in [0.05, 0.1) is 0 Å². The number of nitrogens with zero attached hydrogens (tertiary/aromatic N) is 1. The van der Waals surface area contributed by atoms with E-state index in [4.69, 9.17) is 16.4 Å². The van der Waals surface area contributed by atoms with Crippen molar-refractivity contribution >= 4 is 6.09 Å². The first-order chi connectivity index (χ1) is 6.13. The molecule has 0 aliphatic rings. The minimum atomic E-state index is -1.03. The van der Waals surface area contributed by atoms with E-state index in [-0.39, 0.29) is 6.54 Å². The van der Waals surface area contributed by atoms with Crippen molar-refractivity contribution < 1.29 is 19.4 Å². The Kier molecular flexibility index (Phi) is 5.12. The standard InChI is InChI=1S/C9H15NO3/c1-4-7-10(6-3,9(11)12)13-8-5-2/h1H,5-8H2,2-3H3/p+1. The second kappa shape index (κ2) is 5.57. The molecule has 1 amide bonds. The SMILES string of the molecule is C#CC[N+](CC)(OCCC)C(=O)O. The van der Waals surface area contributed by atoms with Crippen LogP contribution in [-0.2, 0) is 4.84 Å². The Morgan fingerprint density at radius 1 is 1.62 bits per heavy atom. The van der Waals surface area contributed by atoms with E-state index in [2.05, 4.69) is 5.92 Å². The Bertz CT molecular complexity index is 209. The minimum absolute atomic E-state index is 0.0613. The number of amides is 1. The molecule has 0 radical (unpaired) electrons. The summed E-state index contributed by atoms with van der Waals surface area (Å²) in [5, 5.41) is 8.93. The molecule has 0 saturated heterocycles. The number of hydrogen-bond acceptors (Lipinski definition) is 2. The maximum Gasteiger partial charge on any atom is 0.548 e. The highest BCUT2D eigenvalue weighted by Crippen LogP contribution is 2.08. The van der Waals surface area contributed by atoms with Crippen molar-refractivity contribution in [1.82, 2.24) is 0 Å². The van der Waals surface area contributed by atoms with Crippen molar-refractivity contribution in [2.45, 2.75) is 20.3 Å². The van der Waals surface area contributed by atoms with E-state index in [9.17, 15) is 4.79 Å². The summed E-state index contributed by atoms with van der Waals surface area (Å²) in [7, 11) is 0. The van der Waals surface area contributed by atoms with E-state index in [0.717, 1.165) is 6.42 Å². The van der Waals surface area contributed by atoms with Gasteiger partial charge in [-0.15, -0.1) is 6.42 Å². The molecule has 74 valence electrons. The Morgan fingerprint density at radius 2 is 2.23 bits per heavy atom. The zero-order valence-corrected chi connectivity index (χ0v) is 8.12. The molecule has 13 heavy (non-hydrogen) atoms. The highest BCUT2D eigenvalue weighted by Gasteiger charge is 2.36. The lowest BCUT2D eigenvalue weighted by atomic mass is 10.5. The molecule has 4 heteroatoms. The molecular weight excluding hydrogens is 170 g/mol. The maximum absolute atomic E-state index is 10.9. The van der Waals surface area contributed by atoms with Gasteiger partial charge in [-0.3, -0.25) is 0 Å². The summed E-state index contributed by atoms with van der Waals surface area (Å²) in [6.45, 7) is 4.45. The van der Waals surface area contributed by atoms with Gasteiger partial charge in [0.25, 0.3) is 0 Å². The van der Waals surface area contributed by atoms with Gasteiger partial charge in [-0.1, -0.05) is 11.6 Å². The zero-order chi connectivity index (χ0) is 10.3. The largest absolute Gasteiger partial charge is 0.548 e. The molecule has 0 fully saturated rings. The normalized spacial score (nSPS) is 14.5. The first-order valence-corrected chi connectivity index (χ1v) is 4.31. The van der Waals surface area contributed by atoms with Crippen LogP contribution in [0.1, 0.15) is 20.3 Å². The lowest BCUT2D eigenvalue weighted by Crippen LogP contribution is -2.52. The third-order valence-electron chi connectivity index (χ3n) is 1.75. The van der Waals surface area contributed by atoms with Gasteiger partial charge in [-0.05, 0) is 19.3 Å². The van der Waals surface area contributed by atoms with Crippen LogP contribution in [0.25, 0.3) is 0 Å². The molecule has 0 saturated carbocycles. The molecule has 4 nitrogen and oxygen atoms in total. The van der Waals surface area contributed by atoms with Crippen LogP contribution in [0.4, 0.5) is 4.79 Å². The Labute approximate surface area is 78.7 Å². The summed E-state index contributed by atoms with van der Waals surface area (Å²) >= 11 is 0. The third kappa shape index (κ3) is 3.05. The zero-order valence-electron chi connectivity index (χ0n) is 8.12. The lowest BCUT2D eigenvalue weighted by Gasteiger charge is -2.26. The summed E-state index contributed by atoms with van der Waals surface area (Å²) < 4.78 is -0.496. The fraction of sp³-hybridized carbons (Fsp3) is 0.667. The van der Waals surface area contributed by atoms with Crippen LogP contribution in [-0.4, -0.2) is 35.5 Å². The maximum atomic E-state index is 10.9. The molecule has 0 rings (SSSR count). The summed E-state index contributed by atoms with van der Waals surface area (Å²) in [5.74, 6) is 2.32. The van der Waals surface area contributed by atoms with E-state index in [1.165, 1.54) is 0 Å². The van der Waals surface area contributed by atoms with Crippen molar-refractivity contribution in [3.05, 3.63) is 0 Å². The molecule has 0 aliphatic heterocycles. The number of terminal acetylenes is 1. The number of quaternary nitrogens is 1. The highest BCUT2D eigenvalue weighted by molar-refractivity contribution is 5.56. The quantitative estimate of drug-likeness (QED) is 0.402. The van der Waals surface area contributed by atoms with Crippen LogP contribution < -0.4 is 0 Å². The molecule has 0 bridgehead atoms. The van der Waals surface area contributed by atoms with Gasteiger partial charge in [0.1, 0.15) is 13.2 Å². The summed E-state index contributed by atoms with van der Waals surface area (Å²) in [4.78, 5) is 16.1. The van der Waals surface area contributed by atoms with Gasteiger partial charge in [-0.25, -0.2) is 0 Å². The van der Waals surface area contributed by atoms with Gasteiger partial charge in [0, 0.05) is 0 Å². The van der Waals surface area contributed by atoms with Gasteiger partial charge < -0.3 is 5.11 Å². The second-order valence-electron chi connectivity index (χ2n) is 2.68. The van der Waals surface area contributed by atoms with Crippen molar-refractivity contribution in [2.75, 3.05) is 19.7 Å². The highest BCUT2D eigenvalue weighted by atomic mass is 16.7. The summed E-state index contributed by atoms with van der Waals surface area (Å²) in [6, 6.07) is 0. The molecular formula is C9H16NO3+. The fourth-order valence-electron chi connectivity index (χ4n) is 0.920. The molecule has 0 aliphatic carbocycles. The molecule has 0 spiro atoms. The molecule has 0 aromatic rings. The number of carbonyl (C=O) groups is 1. The van der Waals surface area contributed by atoms with Crippen LogP contribution in [0.2, 0.25) is 0 Å². The first kappa shape index (κ1) is 11.9. The minimum Gasteiger partial charge on any atom is -0.433 e. The van der Waals surface area contributed by atoms with E-state index in [1.54, 1.807) is 6.92 Å². The average Bonchev–Trinajstić information content (AvgIpc) is 2.12. The predicted octanol–water partition coefficient (Wildman–Crippen LogP) is 1.48. The number of carboxylic acid groups (broad SMARTS) is 1. The second-order valence-corrected chi connectivity index (χ2v) is 2.68. The summed E-state index contributed by atoms with van der Waals surface area (Å²) in [6.07, 6.45) is 4.83. The van der Waals surface area contributed by atoms with E-state index in [1.807, 2.05) is 6.92 Å². The smallest absolute Gasteiger partial charge is 0.433 e. The Morgan fingerprint density at radius 3 is 2.54 bits per heavy atom. The van der Waals surface area contributed by atoms with Crippen LogP contribution in [0.5, 0.6) is 0 Å². The number of hydrogen-bond donors (Lipinski definition) is 1. The van der Waals surface area contributed by atoms with Crippen molar-refractivity contribution in [3.8, 4) is 12.3 Å². The van der Waals surface area contributed by atoms with Gasteiger partial charge >= 0.3 is 6.09 Å². The first-order valence-electron chi connectivity index (χ1n) is 4.31. The van der Waals surface area contributed by atoms with E-state index >= 15 is 0 Å². The van der Waals surface area contributed by atoms with Crippen LogP contribution in [0, 0.1) is 12.3 Å². The van der Waals surface area contributed by atoms with Crippen LogP contribution in [0.15, 0.2) is 0 Å². The number of rotatable bonds is 5. The van der Waals surface area contributed by atoms with E-state index in [0.29, 0.717) is 13.2 Å². The Balaban J connectivity index is 4.46. The molecule has 0 heterocycles. The average molecular weight is 186 g/mol. The van der Waals surface area contributed by atoms with E-state index < -0.39 is 10.7 Å². The molecule has 1 unspecified atom stereocenters. The van der Waals surface area contributed by atoms with Gasteiger partial charge in [0.15, 0.2) is 6.54 Å². The van der Waals surface area contributed by atoms with Crippen molar-refractivity contribution in [1.29, 1.82) is 0 Å². The topological polar surface area (TPSA) is 46.5 Å². The monoisotopic (exact) mass is 186 g/mol. The molecule has 1 atom stereocenters. The Hall–Kier alpha value is -1.05. The summed E-state index contributed by atoms with van der Waals surface area (Å²) in [5.41, 5.74) is 0. The van der Waals surface area contributed by atoms with Crippen LogP contribution in [0.3, 0.4) is 0 Å². The van der Waals surface area contributed by atoms with Gasteiger partial charge in [-0.2, -0.15) is 9.63 Å². The molecule has 1 N–H and O–H groups in total. The van der Waals surface area contributed by atoms with Crippen LogP contribution >= 0.6 is 0 Å². The van der Waals surface area contributed by atoms with Crippen molar-refractivity contribution in [2.24, 2.45) is 0 Å². The third-order valence-corrected chi connectivity index (χ3v) is 1.75.